The zero-order valence-electron chi connectivity index (χ0n) is 12.0. The minimum Gasteiger partial charge on any atom is -0.489 e. The van der Waals surface area contributed by atoms with E-state index in [9.17, 15) is 0 Å². The first kappa shape index (κ1) is 14.2. The molecule has 1 aliphatic rings. The number of hydrogen-bond donors (Lipinski definition) is 1. The van der Waals surface area contributed by atoms with E-state index in [1.165, 1.54) is 18.5 Å². The third-order valence-electron chi connectivity index (χ3n) is 3.62. The summed E-state index contributed by atoms with van der Waals surface area (Å²) in [7, 11) is 0. The Bertz CT molecular complexity index is 390. The molecule has 1 unspecified atom stereocenters. The van der Waals surface area contributed by atoms with Crippen LogP contribution in [-0.2, 0) is 0 Å². The highest BCUT2D eigenvalue weighted by molar-refractivity contribution is 5.58. The fraction of sp³-hybridized carbons (Fsp3) is 0.625. The average molecular weight is 263 g/mol. The molecule has 0 aliphatic carbocycles. The van der Waals surface area contributed by atoms with Crippen molar-refractivity contribution in [2.45, 2.75) is 39.2 Å². The average Bonchev–Trinajstić information content (AvgIpc) is 2.39. The van der Waals surface area contributed by atoms with Gasteiger partial charge in [-0.1, -0.05) is 12.1 Å². The SMILES string of the molecule is CC(C)Oc1ccccc1N1CCCC(CCO)C1. The van der Waals surface area contributed by atoms with Crippen LogP contribution in [0, 0.1) is 5.92 Å². The quantitative estimate of drug-likeness (QED) is 0.886. The van der Waals surface area contributed by atoms with Gasteiger partial charge in [0.15, 0.2) is 0 Å². The number of ether oxygens (including phenoxy) is 1. The maximum absolute atomic E-state index is 9.11. The molecule has 1 aromatic carbocycles. The van der Waals surface area contributed by atoms with Gasteiger partial charge in [0.2, 0.25) is 0 Å². The van der Waals surface area contributed by atoms with Crippen LogP contribution in [0.3, 0.4) is 0 Å². The molecule has 2 rings (SSSR count). The Hall–Kier alpha value is -1.22. The molecule has 0 saturated carbocycles. The molecule has 1 heterocycles. The lowest BCUT2D eigenvalue weighted by atomic mass is 9.94. The maximum atomic E-state index is 9.11. The van der Waals surface area contributed by atoms with E-state index >= 15 is 0 Å². The van der Waals surface area contributed by atoms with E-state index in [-0.39, 0.29) is 6.10 Å². The van der Waals surface area contributed by atoms with Crippen molar-refractivity contribution < 1.29 is 9.84 Å². The number of nitrogens with zero attached hydrogens (tertiary/aromatic N) is 1. The molecule has 0 aromatic heterocycles. The predicted molar refractivity (Wildman–Crippen MR) is 78.8 cm³/mol. The monoisotopic (exact) mass is 263 g/mol. The summed E-state index contributed by atoms with van der Waals surface area (Å²) in [6, 6.07) is 8.28. The molecular weight excluding hydrogens is 238 g/mol. The lowest BCUT2D eigenvalue weighted by Gasteiger charge is -2.35. The first-order valence-corrected chi connectivity index (χ1v) is 7.32. The van der Waals surface area contributed by atoms with Crippen LogP contribution in [-0.4, -0.2) is 30.9 Å². The second kappa shape index (κ2) is 6.80. The van der Waals surface area contributed by atoms with Crippen molar-refractivity contribution in [2.24, 2.45) is 5.92 Å². The van der Waals surface area contributed by atoms with Crippen molar-refractivity contribution in [3.05, 3.63) is 24.3 Å². The van der Waals surface area contributed by atoms with Gasteiger partial charge in [-0.05, 0) is 51.2 Å². The van der Waals surface area contributed by atoms with Gasteiger partial charge < -0.3 is 14.7 Å². The number of aliphatic hydroxyl groups excluding tert-OH is 1. The zero-order chi connectivity index (χ0) is 13.7. The van der Waals surface area contributed by atoms with E-state index in [2.05, 4.69) is 30.9 Å². The largest absolute Gasteiger partial charge is 0.489 e. The summed E-state index contributed by atoms with van der Waals surface area (Å²) >= 11 is 0. The fourth-order valence-electron chi connectivity index (χ4n) is 2.77. The molecule has 1 N–H and O–H groups in total. The van der Waals surface area contributed by atoms with Crippen molar-refractivity contribution in [1.82, 2.24) is 0 Å². The molecule has 3 nitrogen and oxygen atoms in total. The Morgan fingerprint density at radius 3 is 2.89 bits per heavy atom. The fourth-order valence-corrected chi connectivity index (χ4v) is 2.77. The summed E-state index contributed by atoms with van der Waals surface area (Å²) < 4.78 is 5.90. The summed E-state index contributed by atoms with van der Waals surface area (Å²) in [5, 5.41) is 9.11. The Balaban J connectivity index is 2.11. The van der Waals surface area contributed by atoms with Gasteiger partial charge in [0.1, 0.15) is 5.75 Å². The van der Waals surface area contributed by atoms with Crippen LogP contribution < -0.4 is 9.64 Å². The summed E-state index contributed by atoms with van der Waals surface area (Å²) in [5.41, 5.74) is 1.19. The molecular formula is C16H25NO2. The Kier molecular flexibility index (Phi) is 5.08. The first-order chi connectivity index (χ1) is 9.20. The second-order valence-electron chi connectivity index (χ2n) is 5.60. The van der Waals surface area contributed by atoms with Crippen LogP contribution in [0.5, 0.6) is 5.75 Å². The molecule has 0 bridgehead atoms. The third kappa shape index (κ3) is 3.87. The standard InChI is InChI=1S/C16H25NO2/c1-13(2)19-16-8-4-3-7-15(16)17-10-5-6-14(12-17)9-11-18/h3-4,7-8,13-14,18H,5-6,9-12H2,1-2H3. The molecule has 1 fully saturated rings. The summed E-state index contributed by atoms with van der Waals surface area (Å²) in [5.74, 6) is 1.58. The number of benzene rings is 1. The molecule has 1 aliphatic heterocycles. The number of anilines is 1. The van der Waals surface area contributed by atoms with Crippen LogP contribution >= 0.6 is 0 Å². The van der Waals surface area contributed by atoms with Crippen LogP contribution in [0.1, 0.15) is 33.1 Å². The Labute approximate surface area is 116 Å². The maximum Gasteiger partial charge on any atom is 0.142 e. The van der Waals surface area contributed by atoms with E-state index in [1.807, 2.05) is 12.1 Å². The summed E-state index contributed by atoms with van der Waals surface area (Å²) in [4.78, 5) is 2.40. The van der Waals surface area contributed by atoms with E-state index in [4.69, 9.17) is 9.84 Å². The van der Waals surface area contributed by atoms with Gasteiger partial charge in [0, 0.05) is 19.7 Å². The number of piperidine rings is 1. The molecule has 0 spiro atoms. The predicted octanol–water partition coefficient (Wildman–Crippen LogP) is 3.07. The smallest absolute Gasteiger partial charge is 0.142 e. The second-order valence-corrected chi connectivity index (χ2v) is 5.60. The molecule has 0 radical (unpaired) electrons. The van der Waals surface area contributed by atoms with Crippen LogP contribution in [0.4, 0.5) is 5.69 Å². The molecule has 106 valence electrons. The normalized spacial score (nSPS) is 19.8. The van der Waals surface area contributed by atoms with Gasteiger partial charge in [0.25, 0.3) is 0 Å². The molecule has 1 atom stereocenters. The topological polar surface area (TPSA) is 32.7 Å². The van der Waals surface area contributed by atoms with Gasteiger partial charge in [-0.15, -0.1) is 0 Å². The van der Waals surface area contributed by atoms with Crippen molar-refractivity contribution in [1.29, 1.82) is 0 Å². The molecule has 1 saturated heterocycles. The van der Waals surface area contributed by atoms with Gasteiger partial charge in [0.05, 0.1) is 11.8 Å². The highest BCUT2D eigenvalue weighted by atomic mass is 16.5. The highest BCUT2D eigenvalue weighted by Gasteiger charge is 2.21. The van der Waals surface area contributed by atoms with Crippen LogP contribution in [0.2, 0.25) is 0 Å². The van der Waals surface area contributed by atoms with E-state index in [0.717, 1.165) is 25.3 Å². The molecule has 19 heavy (non-hydrogen) atoms. The zero-order valence-corrected chi connectivity index (χ0v) is 12.0. The molecule has 0 amide bonds. The van der Waals surface area contributed by atoms with Crippen molar-refractivity contribution in [3.63, 3.8) is 0 Å². The Morgan fingerprint density at radius 1 is 1.37 bits per heavy atom. The number of hydrogen-bond acceptors (Lipinski definition) is 3. The number of para-hydroxylation sites is 2. The lowest BCUT2D eigenvalue weighted by molar-refractivity contribution is 0.237. The minimum absolute atomic E-state index is 0.194. The van der Waals surface area contributed by atoms with Crippen LogP contribution in [0.25, 0.3) is 0 Å². The summed E-state index contributed by atoms with van der Waals surface area (Å²) in [6.45, 7) is 6.52. The summed E-state index contributed by atoms with van der Waals surface area (Å²) in [6.07, 6.45) is 3.52. The van der Waals surface area contributed by atoms with Gasteiger partial charge in [-0.3, -0.25) is 0 Å². The van der Waals surface area contributed by atoms with E-state index in [1.54, 1.807) is 0 Å². The molecule has 3 heteroatoms. The highest BCUT2D eigenvalue weighted by Crippen LogP contribution is 2.32. The van der Waals surface area contributed by atoms with Gasteiger partial charge in [-0.2, -0.15) is 0 Å². The van der Waals surface area contributed by atoms with Gasteiger partial charge >= 0.3 is 0 Å². The third-order valence-corrected chi connectivity index (χ3v) is 3.62. The molecule has 1 aromatic rings. The van der Waals surface area contributed by atoms with Gasteiger partial charge in [-0.25, -0.2) is 0 Å². The lowest BCUT2D eigenvalue weighted by Crippen LogP contribution is -2.36. The van der Waals surface area contributed by atoms with Crippen molar-refractivity contribution in [3.8, 4) is 5.75 Å². The number of aliphatic hydroxyl groups is 1. The first-order valence-electron chi connectivity index (χ1n) is 7.32. The van der Waals surface area contributed by atoms with Crippen LogP contribution in [0.15, 0.2) is 24.3 Å². The van der Waals surface area contributed by atoms with Crippen molar-refractivity contribution in [2.75, 3.05) is 24.6 Å². The van der Waals surface area contributed by atoms with Crippen molar-refractivity contribution >= 4 is 5.69 Å². The van der Waals surface area contributed by atoms with E-state index in [0.29, 0.717) is 12.5 Å². The number of rotatable bonds is 5. The van der Waals surface area contributed by atoms with E-state index < -0.39 is 0 Å². The Morgan fingerprint density at radius 2 is 2.16 bits per heavy atom. The minimum atomic E-state index is 0.194.